The van der Waals surface area contributed by atoms with E-state index in [9.17, 15) is 4.79 Å². The molecule has 3 nitrogen and oxygen atoms in total. The molecule has 0 amide bonds. The minimum atomic E-state index is -0.0551. The molecule has 1 atom stereocenters. The maximum atomic E-state index is 11.3. The van der Waals surface area contributed by atoms with Gasteiger partial charge in [0.1, 0.15) is 0 Å². The minimum Gasteiger partial charge on any atom is -0.469 e. The molecule has 3 fully saturated rings. The number of hydrogen-bond acceptors (Lipinski definition) is 3. The van der Waals surface area contributed by atoms with Gasteiger partial charge in [0.25, 0.3) is 0 Å². The Kier molecular flexibility index (Phi) is 1.65. The summed E-state index contributed by atoms with van der Waals surface area (Å²) in [5.74, 6) is 0.788. The lowest BCUT2D eigenvalue weighted by atomic mass is 9.67. The van der Waals surface area contributed by atoms with Crippen molar-refractivity contribution in [2.45, 2.75) is 19.3 Å². The number of methoxy groups -OCH3 is 1. The molecule has 0 aliphatic heterocycles. The van der Waals surface area contributed by atoms with Crippen LogP contribution in [0.3, 0.4) is 0 Å². The molecule has 3 heteroatoms. The van der Waals surface area contributed by atoms with E-state index in [0.717, 1.165) is 25.2 Å². The maximum Gasteiger partial charge on any atom is 0.309 e. The van der Waals surface area contributed by atoms with Gasteiger partial charge in [0.2, 0.25) is 0 Å². The van der Waals surface area contributed by atoms with E-state index in [4.69, 9.17) is 10.5 Å². The SMILES string of the molecule is COC(=O)C1CC2CC1(CN)C2. The molecule has 3 aliphatic rings. The highest BCUT2D eigenvalue weighted by molar-refractivity contribution is 5.74. The maximum absolute atomic E-state index is 11.3. The van der Waals surface area contributed by atoms with Crippen molar-refractivity contribution in [3.63, 3.8) is 0 Å². The summed E-state index contributed by atoms with van der Waals surface area (Å²) in [6.45, 7) is 0.642. The van der Waals surface area contributed by atoms with Crippen molar-refractivity contribution < 1.29 is 9.53 Å². The standard InChI is InChI=1S/C9H15NO2/c1-12-8(11)7-2-6-3-9(7,4-6)5-10/h6-7H,2-5,10H2,1H3. The van der Waals surface area contributed by atoms with Gasteiger partial charge < -0.3 is 10.5 Å². The van der Waals surface area contributed by atoms with Crippen molar-refractivity contribution >= 4 is 5.97 Å². The molecular weight excluding hydrogens is 154 g/mol. The molecule has 2 bridgehead atoms. The summed E-state index contributed by atoms with van der Waals surface area (Å²) >= 11 is 0. The zero-order valence-corrected chi connectivity index (χ0v) is 7.38. The number of esters is 1. The molecule has 3 rings (SSSR count). The summed E-state index contributed by atoms with van der Waals surface area (Å²) in [6, 6.07) is 0. The first-order valence-corrected chi connectivity index (χ1v) is 4.50. The summed E-state index contributed by atoms with van der Waals surface area (Å²) in [5.41, 5.74) is 5.80. The van der Waals surface area contributed by atoms with E-state index < -0.39 is 0 Å². The van der Waals surface area contributed by atoms with Gasteiger partial charge in [0.15, 0.2) is 0 Å². The predicted molar refractivity (Wildman–Crippen MR) is 44.3 cm³/mol. The van der Waals surface area contributed by atoms with Gasteiger partial charge >= 0.3 is 5.97 Å². The summed E-state index contributed by atoms with van der Waals surface area (Å²) < 4.78 is 4.76. The minimum absolute atomic E-state index is 0.0551. The van der Waals surface area contributed by atoms with Gasteiger partial charge in [-0.05, 0) is 37.1 Å². The molecule has 3 saturated carbocycles. The van der Waals surface area contributed by atoms with Gasteiger partial charge in [-0.3, -0.25) is 4.79 Å². The molecule has 0 spiro atoms. The molecule has 68 valence electrons. The monoisotopic (exact) mass is 169 g/mol. The first kappa shape index (κ1) is 8.05. The average Bonchev–Trinajstić information content (AvgIpc) is 2.55. The Morgan fingerprint density at radius 3 is 2.83 bits per heavy atom. The van der Waals surface area contributed by atoms with Gasteiger partial charge in [-0.1, -0.05) is 0 Å². The smallest absolute Gasteiger partial charge is 0.309 e. The van der Waals surface area contributed by atoms with Crippen LogP contribution in [0.25, 0.3) is 0 Å². The molecule has 12 heavy (non-hydrogen) atoms. The fourth-order valence-corrected chi connectivity index (χ4v) is 2.92. The van der Waals surface area contributed by atoms with E-state index in [2.05, 4.69) is 0 Å². The Morgan fingerprint density at radius 1 is 1.67 bits per heavy atom. The third kappa shape index (κ3) is 0.829. The van der Waals surface area contributed by atoms with Crippen molar-refractivity contribution in [3.8, 4) is 0 Å². The number of hydrogen-bond donors (Lipinski definition) is 1. The summed E-state index contributed by atoms with van der Waals surface area (Å²) in [5, 5.41) is 0. The Balaban J connectivity index is 2.12. The van der Waals surface area contributed by atoms with Gasteiger partial charge in [-0.15, -0.1) is 0 Å². The Morgan fingerprint density at radius 2 is 2.33 bits per heavy atom. The molecule has 0 aromatic heterocycles. The number of rotatable bonds is 2. The van der Waals surface area contributed by atoms with Crippen LogP contribution in [-0.2, 0) is 9.53 Å². The normalized spacial score (nSPS) is 43.8. The van der Waals surface area contributed by atoms with Crippen molar-refractivity contribution in [3.05, 3.63) is 0 Å². The van der Waals surface area contributed by atoms with Gasteiger partial charge in [0.05, 0.1) is 13.0 Å². The van der Waals surface area contributed by atoms with Crippen LogP contribution >= 0.6 is 0 Å². The lowest BCUT2D eigenvalue weighted by Gasteiger charge is -2.39. The van der Waals surface area contributed by atoms with Crippen LogP contribution in [0.15, 0.2) is 0 Å². The first-order chi connectivity index (χ1) is 5.72. The molecule has 0 aromatic rings. The van der Waals surface area contributed by atoms with Crippen LogP contribution in [0.4, 0.5) is 0 Å². The van der Waals surface area contributed by atoms with Crippen molar-refractivity contribution in [1.29, 1.82) is 0 Å². The van der Waals surface area contributed by atoms with Crippen LogP contribution in [0.5, 0.6) is 0 Å². The molecule has 0 radical (unpaired) electrons. The van der Waals surface area contributed by atoms with Gasteiger partial charge in [-0.2, -0.15) is 0 Å². The molecule has 0 heterocycles. The van der Waals surface area contributed by atoms with Crippen LogP contribution < -0.4 is 5.73 Å². The average molecular weight is 169 g/mol. The lowest BCUT2D eigenvalue weighted by Crippen LogP contribution is -2.42. The second-order valence-corrected chi connectivity index (χ2v) is 4.15. The predicted octanol–water partition coefficient (Wildman–Crippen LogP) is 0.534. The highest BCUT2D eigenvalue weighted by atomic mass is 16.5. The highest BCUT2D eigenvalue weighted by Crippen LogP contribution is 2.61. The van der Waals surface area contributed by atoms with E-state index in [0.29, 0.717) is 6.54 Å². The van der Waals surface area contributed by atoms with E-state index in [1.165, 1.54) is 7.11 Å². The fraction of sp³-hybridized carbons (Fsp3) is 0.889. The Labute approximate surface area is 72.3 Å². The highest BCUT2D eigenvalue weighted by Gasteiger charge is 2.59. The van der Waals surface area contributed by atoms with E-state index >= 15 is 0 Å². The van der Waals surface area contributed by atoms with Gasteiger partial charge in [-0.25, -0.2) is 0 Å². The Bertz CT molecular complexity index is 209. The van der Waals surface area contributed by atoms with E-state index in [1.807, 2.05) is 0 Å². The number of carbonyl (C=O) groups is 1. The summed E-state index contributed by atoms with van der Waals surface area (Å²) in [6.07, 6.45) is 3.29. The van der Waals surface area contributed by atoms with Crippen molar-refractivity contribution in [2.75, 3.05) is 13.7 Å². The number of carbonyl (C=O) groups excluding carboxylic acids is 1. The summed E-state index contributed by atoms with van der Waals surface area (Å²) in [4.78, 5) is 11.3. The van der Waals surface area contributed by atoms with Gasteiger partial charge in [0, 0.05) is 0 Å². The number of fused-ring (bicyclic) bond motifs is 1. The Hall–Kier alpha value is -0.570. The fourth-order valence-electron chi connectivity index (χ4n) is 2.92. The number of ether oxygens (including phenoxy) is 1. The third-order valence-electron chi connectivity index (χ3n) is 3.59. The molecular formula is C9H15NO2. The topological polar surface area (TPSA) is 52.3 Å². The molecule has 2 N–H and O–H groups in total. The molecule has 0 aromatic carbocycles. The lowest BCUT2D eigenvalue weighted by molar-refractivity contribution is -0.148. The van der Waals surface area contributed by atoms with Crippen molar-refractivity contribution in [2.24, 2.45) is 23.0 Å². The zero-order chi connectivity index (χ0) is 8.77. The van der Waals surface area contributed by atoms with Crippen LogP contribution in [0.1, 0.15) is 19.3 Å². The summed E-state index contributed by atoms with van der Waals surface area (Å²) in [7, 11) is 1.46. The van der Waals surface area contributed by atoms with Crippen LogP contribution in [0.2, 0.25) is 0 Å². The van der Waals surface area contributed by atoms with E-state index in [-0.39, 0.29) is 17.3 Å². The van der Waals surface area contributed by atoms with E-state index in [1.54, 1.807) is 0 Å². The molecule has 1 unspecified atom stereocenters. The second kappa shape index (κ2) is 2.46. The van der Waals surface area contributed by atoms with Crippen LogP contribution in [-0.4, -0.2) is 19.6 Å². The molecule has 0 saturated heterocycles. The van der Waals surface area contributed by atoms with Crippen LogP contribution in [0, 0.1) is 17.3 Å². The quantitative estimate of drug-likeness (QED) is 0.614. The van der Waals surface area contributed by atoms with Crippen molar-refractivity contribution in [1.82, 2.24) is 0 Å². The zero-order valence-electron chi connectivity index (χ0n) is 7.38. The second-order valence-electron chi connectivity index (χ2n) is 4.15. The third-order valence-corrected chi connectivity index (χ3v) is 3.59. The first-order valence-electron chi connectivity index (χ1n) is 4.50. The largest absolute Gasteiger partial charge is 0.469 e. The molecule has 3 aliphatic carbocycles. The number of nitrogens with two attached hydrogens (primary N) is 1.